The Labute approximate surface area is 149 Å². The van der Waals surface area contributed by atoms with E-state index in [1.54, 1.807) is 18.2 Å². The van der Waals surface area contributed by atoms with Gasteiger partial charge in [0, 0.05) is 32.9 Å². The van der Waals surface area contributed by atoms with Crippen molar-refractivity contribution in [3.63, 3.8) is 0 Å². The normalized spacial score (nSPS) is 17.5. The monoisotopic (exact) mass is 389 g/mol. The van der Waals surface area contributed by atoms with Gasteiger partial charge < -0.3 is 5.32 Å². The highest BCUT2D eigenvalue weighted by Gasteiger charge is 2.27. The average Bonchev–Trinajstić information content (AvgIpc) is 2.45. The Morgan fingerprint density at radius 3 is 2.74 bits per heavy atom. The molecule has 0 bridgehead atoms. The van der Waals surface area contributed by atoms with Crippen molar-refractivity contribution in [2.75, 3.05) is 0 Å². The third-order valence-corrected chi connectivity index (χ3v) is 4.69. The predicted molar refractivity (Wildman–Crippen MR) is 98.8 cm³/mol. The summed E-state index contributed by atoms with van der Waals surface area (Å²) in [5, 5.41) is 3.92. The summed E-state index contributed by atoms with van der Waals surface area (Å²) >= 11 is 9.55. The van der Waals surface area contributed by atoms with E-state index in [1.165, 1.54) is 5.56 Å². The molecule has 0 aliphatic carbocycles. The van der Waals surface area contributed by atoms with Gasteiger partial charge in [-0.25, -0.2) is 0 Å². The number of rotatable bonds is 2. The van der Waals surface area contributed by atoms with Crippen LogP contribution in [0.1, 0.15) is 35.3 Å². The van der Waals surface area contributed by atoms with E-state index in [4.69, 9.17) is 11.6 Å². The Balaban J connectivity index is 2.03. The molecule has 0 amide bonds. The van der Waals surface area contributed by atoms with E-state index in [0.29, 0.717) is 10.6 Å². The molecular weight excluding hydrogens is 374 g/mol. The maximum atomic E-state index is 12.6. The largest absolute Gasteiger partial charge is 0.379 e. The van der Waals surface area contributed by atoms with Crippen LogP contribution in [0.5, 0.6) is 0 Å². The van der Waals surface area contributed by atoms with E-state index in [0.717, 1.165) is 22.2 Å². The number of hydrogen-bond acceptors (Lipinski definition) is 2. The molecule has 4 heteroatoms. The molecule has 1 aliphatic heterocycles. The van der Waals surface area contributed by atoms with Crippen LogP contribution in [0, 0.1) is 0 Å². The topological polar surface area (TPSA) is 29.1 Å². The molecule has 2 nitrogen and oxygen atoms in total. The molecule has 1 N–H and O–H groups in total. The van der Waals surface area contributed by atoms with Crippen molar-refractivity contribution < 1.29 is 4.79 Å². The molecular formula is C19H17BrClNO. The molecule has 0 unspecified atom stereocenters. The van der Waals surface area contributed by atoms with E-state index in [9.17, 15) is 4.79 Å². The minimum absolute atomic E-state index is 0.0933. The van der Waals surface area contributed by atoms with Crippen molar-refractivity contribution in [3.8, 4) is 0 Å². The van der Waals surface area contributed by atoms with Crippen molar-refractivity contribution in [2.45, 2.75) is 25.8 Å². The van der Waals surface area contributed by atoms with Crippen LogP contribution in [0.3, 0.4) is 0 Å². The summed E-state index contributed by atoms with van der Waals surface area (Å²) in [5.74, 6) is -0.0995. The minimum Gasteiger partial charge on any atom is -0.379 e. The summed E-state index contributed by atoms with van der Waals surface area (Å²) < 4.78 is 0.856. The first kappa shape index (κ1) is 16.3. The van der Waals surface area contributed by atoms with Gasteiger partial charge in [0.15, 0.2) is 5.78 Å². The number of ketones is 1. The summed E-state index contributed by atoms with van der Waals surface area (Å²) in [5.41, 5.74) is 3.58. The molecule has 1 aliphatic rings. The van der Waals surface area contributed by atoms with Gasteiger partial charge in [0.1, 0.15) is 0 Å². The molecule has 0 saturated carbocycles. The highest BCUT2D eigenvalue weighted by atomic mass is 79.9. The average molecular weight is 391 g/mol. The summed E-state index contributed by atoms with van der Waals surface area (Å²) in [6, 6.07) is 13.5. The number of carbonyl (C=O) groups is 1. The second-order valence-corrected chi connectivity index (χ2v) is 7.71. The van der Waals surface area contributed by atoms with Crippen molar-refractivity contribution in [2.24, 2.45) is 0 Å². The smallest absolute Gasteiger partial charge is 0.189 e. The van der Waals surface area contributed by atoms with Crippen molar-refractivity contribution in [3.05, 3.63) is 74.7 Å². The number of benzene rings is 2. The fraction of sp³-hybridized carbons (Fsp3) is 0.211. The van der Waals surface area contributed by atoms with Gasteiger partial charge in [0.2, 0.25) is 0 Å². The number of allylic oxidation sites excluding steroid dienone is 1. The molecule has 23 heavy (non-hydrogen) atoms. The molecule has 3 rings (SSSR count). The summed E-state index contributed by atoms with van der Waals surface area (Å²) in [4.78, 5) is 12.6. The first-order valence-electron chi connectivity index (χ1n) is 7.43. The number of carbonyl (C=O) groups excluding carboxylic acids is 1. The van der Waals surface area contributed by atoms with Crippen LogP contribution in [-0.2, 0) is 6.42 Å². The quantitative estimate of drug-likeness (QED) is 0.560. The lowest BCUT2D eigenvalue weighted by Gasteiger charge is -2.35. The van der Waals surface area contributed by atoms with Crippen LogP contribution < -0.4 is 5.32 Å². The standard InChI is InChI=1S/C19H17BrClNO/c1-19(2)11-12-5-3-4-6-14(12)17(22-19)10-18(23)15-8-7-13(20)9-16(15)21/h3-10,22H,11H2,1-2H3. The van der Waals surface area contributed by atoms with E-state index in [2.05, 4.69) is 41.2 Å². The highest BCUT2D eigenvalue weighted by molar-refractivity contribution is 9.10. The van der Waals surface area contributed by atoms with Crippen LogP contribution in [-0.4, -0.2) is 11.3 Å². The fourth-order valence-electron chi connectivity index (χ4n) is 2.90. The zero-order chi connectivity index (χ0) is 16.6. The predicted octanol–water partition coefficient (Wildman–Crippen LogP) is 5.25. The van der Waals surface area contributed by atoms with E-state index < -0.39 is 0 Å². The van der Waals surface area contributed by atoms with Crippen LogP contribution in [0.4, 0.5) is 0 Å². The maximum Gasteiger partial charge on any atom is 0.189 e. The number of halogens is 2. The number of hydrogen-bond donors (Lipinski definition) is 1. The maximum absolute atomic E-state index is 12.6. The van der Waals surface area contributed by atoms with Crippen LogP contribution in [0.25, 0.3) is 5.70 Å². The van der Waals surface area contributed by atoms with Gasteiger partial charge in [-0.2, -0.15) is 0 Å². The van der Waals surface area contributed by atoms with E-state index in [1.807, 2.05) is 24.3 Å². The second kappa shape index (κ2) is 6.14. The molecule has 0 aromatic heterocycles. The third kappa shape index (κ3) is 3.51. The van der Waals surface area contributed by atoms with Crippen molar-refractivity contribution in [1.29, 1.82) is 0 Å². The minimum atomic E-state index is -0.0995. The fourth-order valence-corrected chi connectivity index (χ4v) is 3.67. The molecule has 118 valence electrons. The Hall–Kier alpha value is -1.58. The van der Waals surface area contributed by atoms with Crippen molar-refractivity contribution in [1.82, 2.24) is 5.32 Å². The van der Waals surface area contributed by atoms with Crippen LogP contribution in [0.2, 0.25) is 5.02 Å². The third-order valence-electron chi connectivity index (χ3n) is 3.89. The second-order valence-electron chi connectivity index (χ2n) is 6.39. The lowest BCUT2D eigenvalue weighted by atomic mass is 9.85. The van der Waals surface area contributed by atoms with E-state index in [-0.39, 0.29) is 11.3 Å². The Morgan fingerprint density at radius 1 is 1.26 bits per heavy atom. The van der Waals surface area contributed by atoms with Crippen LogP contribution >= 0.6 is 27.5 Å². The van der Waals surface area contributed by atoms with Crippen LogP contribution in [0.15, 0.2) is 53.0 Å². The SMILES string of the molecule is CC1(C)Cc2ccccc2C(=CC(=O)c2ccc(Br)cc2Cl)N1. The molecule has 0 fully saturated rings. The molecule has 0 atom stereocenters. The molecule has 0 radical (unpaired) electrons. The zero-order valence-corrected chi connectivity index (χ0v) is 15.3. The Morgan fingerprint density at radius 2 is 2.00 bits per heavy atom. The lowest BCUT2D eigenvalue weighted by molar-refractivity contribution is 0.104. The van der Waals surface area contributed by atoms with E-state index >= 15 is 0 Å². The van der Waals surface area contributed by atoms with Gasteiger partial charge in [-0.1, -0.05) is 51.8 Å². The van der Waals surface area contributed by atoms with Gasteiger partial charge in [-0.3, -0.25) is 4.79 Å². The summed E-state index contributed by atoms with van der Waals surface area (Å²) in [6.07, 6.45) is 2.57. The lowest BCUT2D eigenvalue weighted by Crippen LogP contribution is -2.43. The van der Waals surface area contributed by atoms with Gasteiger partial charge >= 0.3 is 0 Å². The molecule has 0 spiro atoms. The zero-order valence-electron chi connectivity index (χ0n) is 13.0. The molecule has 2 aromatic carbocycles. The first-order valence-corrected chi connectivity index (χ1v) is 8.60. The number of fused-ring (bicyclic) bond motifs is 1. The van der Waals surface area contributed by atoms with Gasteiger partial charge in [0.25, 0.3) is 0 Å². The molecule has 2 aromatic rings. The van der Waals surface area contributed by atoms with Gasteiger partial charge in [-0.05, 0) is 44.0 Å². The summed E-state index contributed by atoms with van der Waals surface area (Å²) in [6.45, 7) is 4.27. The Bertz CT molecular complexity index is 811. The molecule has 0 saturated heterocycles. The summed E-state index contributed by atoms with van der Waals surface area (Å²) in [7, 11) is 0. The molecule has 1 heterocycles. The van der Waals surface area contributed by atoms with Crippen molar-refractivity contribution >= 4 is 39.0 Å². The first-order chi connectivity index (χ1) is 10.9. The van der Waals surface area contributed by atoms with Gasteiger partial charge in [0.05, 0.1) is 5.02 Å². The highest BCUT2D eigenvalue weighted by Crippen LogP contribution is 2.30. The van der Waals surface area contributed by atoms with Gasteiger partial charge in [-0.15, -0.1) is 0 Å². The Kier molecular flexibility index (Phi) is 4.35. The number of nitrogens with one attached hydrogen (secondary N) is 1.